The number of carbonyl (C=O) groups excluding carboxylic acids is 2. The largest absolute Gasteiger partial charge is 0.345 e. The van der Waals surface area contributed by atoms with Crippen molar-refractivity contribution in [1.29, 1.82) is 0 Å². The first kappa shape index (κ1) is 23.0. The number of rotatable bonds is 8. The molecule has 0 heterocycles. The highest BCUT2D eigenvalue weighted by atomic mass is 16.2. The summed E-state index contributed by atoms with van der Waals surface area (Å²) >= 11 is 0. The molecule has 0 saturated carbocycles. The summed E-state index contributed by atoms with van der Waals surface area (Å²) in [5, 5.41) is 6.00. The average molecular weight is 449 g/mol. The molecule has 0 aliphatic rings. The van der Waals surface area contributed by atoms with E-state index in [2.05, 4.69) is 10.6 Å². The molecule has 0 aliphatic carbocycles. The average Bonchev–Trinajstić information content (AvgIpc) is 2.89. The third-order valence-electron chi connectivity index (χ3n) is 5.89. The number of para-hydroxylation sites is 1. The van der Waals surface area contributed by atoms with E-state index in [4.69, 9.17) is 0 Å². The van der Waals surface area contributed by atoms with Crippen molar-refractivity contribution in [3.63, 3.8) is 0 Å². The highest BCUT2D eigenvalue weighted by Gasteiger charge is 2.20. The van der Waals surface area contributed by atoms with Crippen LogP contribution in [-0.4, -0.2) is 11.8 Å². The molecule has 0 bridgehead atoms. The van der Waals surface area contributed by atoms with Crippen LogP contribution in [0.3, 0.4) is 0 Å². The van der Waals surface area contributed by atoms with Crippen LogP contribution in [0.1, 0.15) is 52.4 Å². The Balaban J connectivity index is 1.50. The van der Waals surface area contributed by atoms with Crippen molar-refractivity contribution in [2.24, 2.45) is 0 Å². The number of hydrogen-bond acceptors (Lipinski definition) is 2. The zero-order chi connectivity index (χ0) is 23.8. The lowest BCUT2D eigenvalue weighted by Gasteiger charge is -2.19. The van der Waals surface area contributed by atoms with Crippen molar-refractivity contribution in [2.75, 3.05) is 5.32 Å². The van der Waals surface area contributed by atoms with Gasteiger partial charge in [-0.15, -0.1) is 0 Å². The quantitative estimate of drug-likeness (QED) is 0.330. The fourth-order valence-electron chi connectivity index (χ4n) is 4.08. The maximum atomic E-state index is 13.1. The molecule has 4 aromatic rings. The Labute approximate surface area is 200 Å². The van der Waals surface area contributed by atoms with E-state index in [9.17, 15) is 9.59 Å². The molecule has 4 rings (SSSR count). The molecule has 4 heteroatoms. The number of amides is 2. The van der Waals surface area contributed by atoms with E-state index in [0.29, 0.717) is 11.3 Å². The SMILES string of the molecule is C[C@@H](NC(=O)c1ccccc1NC(=O)CC(c1ccccc1)c1ccccc1)c1ccccc1. The first-order chi connectivity index (χ1) is 16.6. The molecule has 0 aliphatic heterocycles. The van der Waals surface area contributed by atoms with Crippen molar-refractivity contribution < 1.29 is 9.59 Å². The fraction of sp³-hybridized carbons (Fsp3) is 0.133. The summed E-state index contributed by atoms with van der Waals surface area (Å²) in [6, 6.07) is 36.8. The summed E-state index contributed by atoms with van der Waals surface area (Å²) in [6.45, 7) is 1.94. The van der Waals surface area contributed by atoms with Crippen LogP contribution < -0.4 is 10.6 Å². The van der Waals surface area contributed by atoms with Gasteiger partial charge in [-0.3, -0.25) is 9.59 Å². The molecule has 2 N–H and O–H groups in total. The zero-order valence-electron chi connectivity index (χ0n) is 19.1. The van der Waals surface area contributed by atoms with Crippen LogP contribution in [0.4, 0.5) is 5.69 Å². The Morgan fingerprint density at radius 2 is 1.12 bits per heavy atom. The number of anilines is 1. The summed E-state index contributed by atoms with van der Waals surface area (Å²) in [7, 11) is 0. The minimum Gasteiger partial charge on any atom is -0.345 e. The second-order valence-electron chi connectivity index (χ2n) is 8.28. The first-order valence-electron chi connectivity index (χ1n) is 11.5. The van der Waals surface area contributed by atoms with Gasteiger partial charge in [-0.05, 0) is 35.7 Å². The van der Waals surface area contributed by atoms with Gasteiger partial charge < -0.3 is 10.6 Å². The number of benzene rings is 4. The molecule has 0 saturated heterocycles. The first-order valence-corrected chi connectivity index (χ1v) is 11.5. The molecular weight excluding hydrogens is 420 g/mol. The van der Waals surface area contributed by atoms with E-state index in [1.165, 1.54) is 0 Å². The van der Waals surface area contributed by atoms with E-state index < -0.39 is 0 Å². The third-order valence-corrected chi connectivity index (χ3v) is 5.89. The molecule has 4 aromatic carbocycles. The van der Waals surface area contributed by atoms with Gasteiger partial charge in [0, 0.05) is 12.3 Å². The summed E-state index contributed by atoms with van der Waals surface area (Å²) in [6.07, 6.45) is 0.268. The van der Waals surface area contributed by atoms with Gasteiger partial charge in [0.05, 0.1) is 17.3 Å². The van der Waals surface area contributed by atoms with Crippen molar-refractivity contribution >= 4 is 17.5 Å². The lowest BCUT2D eigenvalue weighted by atomic mass is 9.88. The van der Waals surface area contributed by atoms with Gasteiger partial charge in [-0.25, -0.2) is 0 Å². The Hall–Kier alpha value is -4.18. The number of carbonyl (C=O) groups is 2. The topological polar surface area (TPSA) is 58.2 Å². The molecular formula is C30H28N2O2. The van der Waals surface area contributed by atoms with Crippen molar-refractivity contribution in [1.82, 2.24) is 5.32 Å². The predicted octanol–water partition coefficient (Wildman–Crippen LogP) is 6.34. The molecule has 0 aromatic heterocycles. The summed E-state index contributed by atoms with van der Waals surface area (Å²) in [4.78, 5) is 26.2. The van der Waals surface area contributed by atoms with Crippen LogP contribution in [-0.2, 0) is 4.79 Å². The number of nitrogens with one attached hydrogen (secondary N) is 2. The van der Waals surface area contributed by atoms with E-state index in [-0.39, 0.29) is 30.2 Å². The van der Waals surface area contributed by atoms with Gasteiger partial charge in [0.1, 0.15) is 0 Å². The van der Waals surface area contributed by atoms with E-state index in [1.807, 2.05) is 104 Å². The van der Waals surface area contributed by atoms with Gasteiger partial charge in [0.25, 0.3) is 5.91 Å². The smallest absolute Gasteiger partial charge is 0.253 e. The zero-order valence-corrected chi connectivity index (χ0v) is 19.1. The second-order valence-corrected chi connectivity index (χ2v) is 8.28. The minimum absolute atomic E-state index is 0.0820. The Morgan fingerprint density at radius 1 is 0.647 bits per heavy atom. The standard InChI is InChI=1S/C30H28N2O2/c1-22(23-13-5-2-6-14-23)31-30(34)26-19-11-12-20-28(26)32-29(33)21-27(24-15-7-3-8-16-24)25-17-9-4-10-18-25/h2-20,22,27H,21H2,1H3,(H,31,34)(H,32,33)/t22-/m1/s1. The number of hydrogen-bond donors (Lipinski definition) is 2. The molecule has 0 spiro atoms. The van der Waals surface area contributed by atoms with Crippen molar-refractivity contribution in [3.05, 3.63) is 138 Å². The Kier molecular flexibility index (Phi) is 7.51. The Bertz CT molecular complexity index is 1180. The van der Waals surface area contributed by atoms with E-state index in [0.717, 1.165) is 16.7 Å². The van der Waals surface area contributed by atoms with Gasteiger partial charge >= 0.3 is 0 Å². The molecule has 0 unspecified atom stereocenters. The van der Waals surface area contributed by atoms with E-state index in [1.54, 1.807) is 18.2 Å². The highest BCUT2D eigenvalue weighted by Crippen LogP contribution is 2.28. The molecule has 1 atom stereocenters. The summed E-state index contributed by atoms with van der Waals surface area (Å²) < 4.78 is 0. The fourth-order valence-corrected chi connectivity index (χ4v) is 4.08. The van der Waals surface area contributed by atoms with Crippen molar-refractivity contribution in [2.45, 2.75) is 25.3 Å². The lowest BCUT2D eigenvalue weighted by Crippen LogP contribution is -2.28. The lowest BCUT2D eigenvalue weighted by molar-refractivity contribution is -0.116. The third kappa shape index (κ3) is 5.78. The second kappa shape index (κ2) is 11.1. The van der Waals surface area contributed by atoms with Gasteiger partial charge in [-0.1, -0.05) is 103 Å². The molecule has 0 radical (unpaired) electrons. The van der Waals surface area contributed by atoms with Crippen LogP contribution >= 0.6 is 0 Å². The minimum atomic E-state index is -0.227. The van der Waals surface area contributed by atoms with Gasteiger partial charge in [0.2, 0.25) is 5.91 Å². The van der Waals surface area contributed by atoms with Gasteiger partial charge in [0.15, 0.2) is 0 Å². The maximum absolute atomic E-state index is 13.1. The monoisotopic (exact) mass is 448 g/mol. The predicted molar refractivity (Wildman–Crippen MR) is 137 cm³/mol. The van der Waals surface area contributed by atoms with Crippen LogP contribution in [0, 0.1) is 0 Å². The van der Waals surface area contributed by atoms with Crippen LogP contribution in [0.15, 0.2) is 115 Å². The molecule has 2 amide bonds. The van der Waals surface area contributed by atoms with E-state index >= 15 is 0 Å². The van der Waals surface area contributed by atoms with Crippen LogP contribution in [0.25, 0.3) is 0 Å². The van der Waals surface area contributed by atoms with Crippen LogP contribution in [0.5, 0.6) is 0 Å². The maximum Gasteiger partial charge on any atom is 0.253 e. The molecule has 4 nitrogen and oxygen atoms in total. The van der Waals surface area contributed by atoms with Crippen molar-refractivity contribution in [3.8, 4) is 0 Å². The van der Waals surface area contributed by atoms with Gasteiger partial charge in [-0.2, -0.15) is 0 Å². The molecule has 170 valence electrons. The van der Waals surface area contributed by atoms with Crippen LogP contribution in [0.2, 0.25) is 0 Å². The normalized spacial score (nSPS) is 11.6. The highest BCUT2D eigenvalue weighted by molar-refractivity contribution is 6.04. The molecule has 34 heavy (non-hydrogen) atoms. The summed E-state index contributed by atoms with van der Waals surface area (Å²) in [5.74, 6) is -0.453. The summed E-state index contributed by atoms with van der Waals surface area (Å²) in [5.41, 5.74) is 4.11. The Morgan fingerprint density at radius 3 is 1.68 bits per heavy atom. The molecule has 0 fully saturated rings.